The van der Waals surface area contributed by atoms with Gasteiger partial charge in [0.05, 0.1) is 12.1 Å². The van der Waals surface area contributed by atoms with Crippen LogP contribution in [0.2, 0.25) is 5.02 Å². The fourth-order valence-electron chi connectivity index (χ4n) is 3.69. The van der Waals surface area contributed by atoms with Gasteiger partial charge < -0.3 is 15.4 Å². The molecule has 0 bridgehead atoms. The molecule has 0 saturated carbocycles. The first-order chi connectivity index (χ1) is 17.4. The van der Waals surface area contributed by atoms with E-state index in [0.717, 1.165) is 10.5 Å². The first-order valence-corrected chi connectivity index (χ1v) is 11.4. The molecule has 0 aromatic heterocycles. The number of dihydropyridines is 1. The summed E-state index contributed by atoms with van der Waals surface area (Å²) in [6.07, 6.45) is 2.93. The number of urea groups is 2. The van der Waals surface area contributed by atoms with E-state index in [1.165, 1.54) is 11.0 Å². The third-order valence-electron chi connectivity index (χ3n) is 5.52. The minimum Gasteiger partial charge on any atom is -0.466 e. The summed E-state index contributed by atoms with van der Waals surface area (Å²) in [5.74, 6) is -0.508. The summed E-state index contributed by atoms with van der Waals surface area (Å²) in [5.41, 5.74) is 1.52. The Balaban J connectivity index is 1.48. The number of nitroso groups, excluding NO2 is 1. The number of carbonyl (C=O) groups is 3. The van der Waals surface area contributed by atoms with Crippen molar-refractivity contribution in [2.75, 3.05) is 11.9 Å². The van der Waals surface area contributed by atoms with Gasteiger partial charge in [-0.15, -0.1) is 4.91 Å². The van der Waals surface area contributed by atoms with Gasteiger partial charge >= 0.3 is 18.0 Å². The maximum absolute atomic E-state index is 13.1. The normalized spacial score (nSPS) is 19.2. The van der Waals surface area contributed by atoms with Gasteiger partial charge in [-0.3, -0.25) is 15.0 Å². The van der Waals surface area contributed by atoms with E-state index < -0.39 is 30.5 Å². The molecule has 5 amide bonds. The molecule has 186 valence electrons. The highest BCUT2D eigenvalue weighted by molar-refractivity contribution is 6.30. The second-order valence-electron chi connectivity index (χ2n) is 7.84. The molecule has 0 aliphatic carbocycles. The molecule has 2 aromatic rings. The zero-order valence-electron chi connectivity index (χ0n) is 19.2. The number of rotatable bonds is 8. The maximum atomic E-state index is 13.1. The number of amides is 5. The van der Waals surface area contributed by atoms with Gasteiger partial charge in [0, 0.05) is 22.4 Å². The minimum absolute atomic E-state index is 0.0800. The topological polar surface area (TPSA) is 132 Å². The number of nitrogens with one attached hydrogen (secondary N) is 3. The van der Waals surface area contributed by atoms with E-state index in [1.807, 2.05) is 12.1 Å². The number of benzene rings is 2. The Morgan fingerprint density at radius 3 is 2.53 bits per heavy atom. The summed E-state index contributed by atoms with van der Waals surface area (Å²) < 4.78 is 5.78. The molecule has 12 heteroatoms. The molecule has 0 radical (unpaired) electrons. The molecule has 36 heavy (non-hydrogen) atoms. The molecule has 2 aromatic carbocycles. The van der Waals surface area contributed by atoms with Crippen LogP contribution in [0.3, 0.4) is 0 Å². The average Bonchev–Trinajstić information content (AvgIpc) is 2.88. The van der Waals surface area contributed by atoms with Gasteiger partial charge in [-0.05, 0) is 67.2 Å². The van der Waals surface area contributed by atoms with E-state index in [9.17, 15) is 19.3 Å². The number of nitrogens with zero attached hydrogens (tertiary/aromatic N) is 3. The first kappa shape index (κ1) is 24.7. The molecule has 2 heterocycles. The Morgan fingerprint density at radius 1 is 1.14 bits per heavy atom. The van der Waals surface area contributed by atoms with Crippen molar-refractivity contribution in [2.24, 2.45) is 5.18 Å². The number of hydrogen-bond acceptors (Lipinski definition) is 7. The van der Waals surface area contributed by atoms with Crippen LogP contribution in [-0.4, -0.2) is 46.8 Å². The van der Waals surface area contributed by atoms with Gasteiger partial charge in [-0.25, -0.2) is 14.5 Å². The summed E-state index contributed by atoms with van der Waals surface area (Å²) in [7, 11) is 0. The highest BCUT2D eigenvalue weighted by Gasteiger charge is 2.37. The van der Waals surface area contributed by atoms with Gasteiger partial charge in [0.1, 0.15) is 5.75 Å². The van der Waals surface area contributed by atoms with Crippen LogP contribution in [-0.2, 0) is 11.3 Å². The van der Waals surface area contributed by atoms with E-state index in [1.54, 1.807) is 55.6 Å². The highest BCUT2D eigenvalue weighted by atomic mass is 35.5. The first-order valence-electron chi connectivity index (χ1n) is 11.1. The highest BCUT2D eigenvalue weighted by Crippen LogP contribution is 2.23. The number of anilines is 1. The maximum Gasteiger partial charge on any atom is 0.331 e. The minimum atomic E-state index is -0.922. The third kappa shape index (κ3) is 5.47. The van der Waals surface area contributed by atoms with Crippen molar-refractivity contribution < 1.29 is 19.1 Å². The monoisotopic (exact) mass is 510 g/mol. The Kier molecular flexibility index (Phi) is 7.50. The van der Waals surface area contributed by atoms with Crippen LogP contribution in [0.25, 0.3) is 0 Å². The number of allylic oxidation sites excluding steroid dienone is 2. The van der Waals surface area contributed by atoms with Crippen molar-refractivity contribution in [3.8, 4) is 5.75 Å². The molecule has 4 rings (SSSR count). The van der Waals surface area contributed by atoms with Crippen LogP contribution >= 0.6 is 11.6 Å². The Morgan fingerprint density at radius 2 is 1.86 bits per heavy atom. The number of hydrogen-bond donors (Lipinski definition) is 3. The van der Waals surface area contributed by atoms with Gasteiger partial charge in [0.15, 0.2) is 6.29 Å². The van der Waals surface area contributed by atoms with Crippen LogP contribution < -0.4 is 20.7 Å². The molecule has 1 fully saturated rings. The zero-order chi connectivity index (χ0) is 25.7. The largest absolute Gasteiger partial charge is 0.466 e. The van der Waals surface area contributed by atoms with E-state index in [4.69, 9.17) is 16.3 Å². The van der Waals surface area contributed by atoms with E-state index in [2.05, 4.69) is 21.1 Å². The molecular weight excluding hydrogens is 488 g/mol. The van der Waals surface area contributed by atoms with Crippen LogP contribution in [0.15, 0.2) is 77.6 Å². The molecule has 2 atom stereocenters. The van der Waals surface area contributed by atoms with Gasteiger partial charge in [0.25, 0.3) is 0 Å². The zero-order valence-corrected chi connectivity index (χ0v) is 19.9. The number of halogens is 1. The summed E-state index contributed by atoms with van der Waals surface area (Å²) in [4.78, 5) is 50.5. The Bertz CT molecular complexity index is 1210. The van der Waals surface area contributed by atoms with Crippen molar-refractivity contribution in [1.29, 1.82) is 0 Å². The van der Waals surface area contributed by atoms with Crippen LogP contribution in [0.1, 0.15) is 12.5 Å². The second kappa shape index (κ2) is 10.9. The number of imide groups is 1. The fourth-order valence-corrected chi connectivity index (χ4v) is 3.82. The van der Waals surface area contributed by atoms with Crippen LogP contribution in [0.4, 0.5) is 15.3 Å². The SMILES string of the molecule is CCN1C(=O)NC(Nc2ccc(OC3NC=CC=C3C(=O)N=O)cc2)N(Cc2ccc(Cl)cc2)C1=O. The van der Waals surface area contributed by atoms with E-state index >= 15 is 0 Å². The van der Waals surface area contributed by atoms with Crippen molar-refractivity contribution in [1.82, 2.24) is 20.4 Å². The lowest BCUT2D eigenvalue weighted by molar-refractivity contribution is -0.115. The quantitative estimate of drug-likeness (QED) is 0.461. The standard InChI is InChI=1S/C24H23ClN6O5/c1-2-30-23(33)28-22(31(24(30)34)14-15-5-7-16(25)8-6-15)27-17-9-11-18(12-10-17)36-21-19(20(32)29-35)4-3-13-26-21/h3-13,21-22,26-27H,2,14H2,1H3,(H,28,33). The van der Waals surface area contributed by atoms with E-state index in [0.29, 0.717) is 16.5 Å². The predicted molar refractivity (Wildman–Crippen MR) is 133 cm³/mol. The smallest absolute Gasteiger partial charge is 0.331 e. The van der Waals surface area contributed by atoms with Crippen molar-refractivity contribution in [3.05, 3.63) is 87.9 Å². The number of ether oxygens (including phenoxy) is 1. The summed E-state index contributed by atoms with van der Waals surface area (Å²) >= 11 is 5.98. The second-order valence-corrected chi connectivity index (χ2v) is 8.28. The van der Waals surface area contributed by atoms with Crippen molar-refractivity contribution >= 4 is 35.3 Å². The summed E-state index contributed by atoms with van der Waals surface area (Å²) in [6.45, 7) is 2.19. The summed E-state index contributed by atoms with van der Waals surface area (Å²) in [5, 5.41) is 11.8. The number of carbonyl (C=O) groups excluding carboxylic acids is 3. The third-order valence-corrected chi connectivity index (χ3v) is 5.77. The van der Waals surface area contributed by atoms with Crippen LogP contribution in [0.5, 0.6) is 5.75 Å². The van der Waals surface area contributed by atoms with E-state index in [-0.39, 0.29) is 18.7 Å². The molecule has 2 aliphatic heterocycles. The molecule has 2 aliphatic rings. The molecule has 1 saturated heterocycles. The Labute approximate surface area is 211 Å². The van der Waals surface area contributed by atoms with Gasteiger partial charge in [-0.1, -0.05) is 23.7 Å². The molecule has 0 spiro atoms. The van der Waals surface area contributed by atoms with Crippen molar-refractivity contribution in [2.45, 2.75) is 26.0 Å². The molecule has 11 nitrogen and oxygen atoms in total. The Hall–Kier alpha value is -4.38. The predicted octanol–water partition coefficient (Wildman–Crippen LogP) is 3.74. The molecule has 3 N–H and O–H groups in total. The fraction of sp³-hybridized carbons (Fsp3) is 0.208. The molecule has 2 unspecified atom stereocenters. The average molecular weight is 511 g/mol. The van der Waals surface area contributed by atoms with Crippen LogP contribution in [0, 0.1) is 4.91 Å². The van der Waals surface area contributed by atoms with Crippen molar-refractivity contribution in [3.63, 3.8) is 0 Å². The van der Waals surface area contributed by atoms with Gasteiger partial charge in [-0.2, -0.15) is 0 Å². The summed E-state index contributed by atoms with van der Waals surface area (Å²) in [6, 6.07) is 12.8. The lowest BCUT2D eigenvalue weighted by Crippen LogP contribution is -2.66. The lowest BCUT2D eigenvalue weighted by atomic mass is 10.1. The van der Waals surface area contributed by atoms with Gasteiger partial charge in [0.2, 0.25) is 6.23 Å². The molecular formula is C24H23ClN6O5. The lowest BCUT2D eigenvalue weighted by Gasteiger charge is -2.41.